The number of aromatic nitrogens is 1. The van der Waals surface area contributed by atoms with Gasteiger partial charge in [-0.25, -0.2) is 4.57 Å². The van der Waals surface area contributed by atoms with Crippen LogP contribution >= 0.6 is 0 Å². The van der Waals surface area contributed by atoms with E-state index in [1.165, 1.54) is 0 Å². The molecule has 0 unspecified atom stereocenters. The minimum atomic E-state index is -0.0701. The molecule has 0 spiro atoms. The van der Waals surface area contributed by atoms with Crippen LogP contribution < -0.4 is 28.5 Å². The Balaban J connectivity index is 0.00000196. The second-order valence-electron chi connectivity index (χ2n) is 3.16. The number of nitrogens with zero attached hydrogens (tertiary/aromatic N) is 1. The highest BCUT2D eigenvalue weighted by atomic mass is 127. The molecule has 1 aromatic heterocycles. The van der Waals surface area contributed by atoms with Gasteiger partial charge < -0.3 is 33.5 Å². The number of hydrogen-bond acceptors (Lipinski definition) is 2. The molecule has 0 aliphatic carbocycles. The molecular formula is C11H18INO2. The summed E-state index contributed by atoms with van der Waals surface area (Å²) in [6.45, 7) is 1.00. The lowest BCUT2D eigenvalue weighted by Gasteiger charge is -2.11. The summed E-state index contributed by atoms with van der Waals surface area (Å²) in [6, 6.07) is 6.08. The lowest BCUT2D eigenvalue weighted by atomic mass is 10.3. The molecule has 0 N–H and O–H groups in total. The Kier molecular flexibility index (Phi) is 8.94. The average molecular weight is 323 g/mol. The van der Waals surface area contributed by atoms with Crippen LogP contribution in [0.4, 0.5) is 0 Å². The molecule has 0 aliphatic heterocycles. The molecule has 1 heterocycles. The smallest absolute Gasteiger partial charge is 0.168 e. The molecule has 0 atom stereocenters. The number of aryl methyl sites for hydroxylation is 1. The van der Waals surface area contributed by atoms with Crippen LogP contribution in [0, 0.1) is 0 Å². The number of pyridine rings is 1. The van der Waals surface area contributed by atoms with Crippen LogP contribution in [0.15, 0.2) is 30.6 Å². The summed E-state index contributed by atoms with van der Waals surface area (Å²) in [5, 5.41) is 0. The normalized spacial score (nSPS) is 10.1. The fourth-order valence-corrected chi connectivity index (χ4v) is 1.36. The van der Waals surface area contributed by atoms with E-state index in [2.05, 4.69) is 17.0 Å². The number of hydrogen-bond donors (Lipinski definition) is 0. The van der Waals surface area contributed by atoms with Crippen LogP contribution in [-0.2, 0) is 16.0 Å². The molecule has 4 heteroatoms. The first-order chi connectivity index (χ1) is 6.86. The summed E-state index contributed by atoms with van der Waals surface area (Å²) >= 11 is 0. The molecule has 0 amide bonds. The van der Waals surface area contributed by atoms with Crippen molar-refractivity contribution < 1.29 is 38.0 Å². The highest BCUT2D eigenvalue weighted by Gasteiger charge is 2.06. The Morgan fingerprint density at radius 2 is 1.67 bits per heavy atom. The van der Waals surface area contributed by atoms with Crippen LogP contribution in [0.1, 0.15) is 12.8 Å². The first-order valence-corrected chi connectivity index (χ1v) is 4.86. The molecule has 0 saturated heterocycles. The Labute approximate surface area is 108 Å². The maximum atomic E-state index is 5.11. The van der Waals surface area contributed by atoms with E-state index in [9.17, 15) is 0 Å². The van der Waals surface area contributed by atoms with E-state index in [4.69, 9.17) is 9.47 Å². The lowest BCUT2D eigenvalue weighted by Crippen LogP contribution is -3.00. The summed E-state index contributed by atoms with van der Waals surface area (Å²) in [4.78, 5) is 0. The minimum Gasteiger partial charge on any atom is -1.00 e. The van der Waals surface area contributed by atoms with Gasteiger partial charge in [0.15, 0.2) is 18.7 Å². The van der Waals surface area contributed by atoms with Crippen LogP contribution in [0.2, 0.25) is 0 Å². The molecule has 1 aromatic rings. The standard InChI is InChI=1S/C11H18NO2.HI/c1-13-11(14-2)7-6-10-12-8-4-3-5-9-12;/h3-5,8-9,11H,6-7,10H2,1-2H3;1H/q+1;/p-1. The van der Waals surface area contributed by atoms with Gasteiger partial charge in [0.2, 0.25) is 0 Å². The van der Waals surface area contributed by atoms with Crippen molar-refractivity contribution in [2.24, 2.45) is 0 Å². The summed E-state index contributed by atoms with van der Waals surface area (Å²) in [7, 11) is 3.34. The molecule has 0 aromatic carbocycles. The van der Waals surface area contributed by atoms with Crippen LogP contribution in [-0.4, -0.2) is 20.5 Å². The Morgan fingerprint density at radius 3 is 2.20 bits per heavy atom. The Bertz CT molecular complexity index is 240. The predicted octanol–water partition coefficient (Wildman–Crippen LogP) is -1.62. The third kappa shape index (κ3) is 6.06. The molecule has 0 fully saturated rings. The second-order valence-corrected chi connectivity index (χ2v) is 3.16. The zero-order valence-electron chi connectivity index (χ0n) is 9.23. The molecule has 15 heavy (non-hydrogen) atoms. The van der Waals surface area contributed by atoms with E-state index < -0.39 is 0 Å². The Hall–Kier alpha value is -0.200. The quantitative estimate of drug-likeness (QED) is 0.357. The van der Waals surface area contributed by atoms with Crippen molar-refractivity contribution in [3.05, 3.63) is 30.6 Å². The van der Waals surface area contributed by atoms with Gasteiger partial charge in [0.05, 0.1) is 0 Å². The largest absolute Gasteiger partial charge is 1.00 e. The van der Waals surface area contributed by atoms with Gasteiger partial charge in [0.25, 0.3) is 0 Å². The second kappa shape index (κ2) is 9.06. The van der Waals surface area contributed by atoms with Crippen molar-refractivity contribution in [2.75, 3.05) is 14.2 Å². The van der Waals surface area contributed by atoms with Crippen molar-refractivity contribution in [1.29, 1.82) is 0 Å². The highest BCUT2D eigenvalue weighted by Crippen LogP contribution is 2.01. The molecule has 3 nitrogen and oxygen atoms in total. The monoisotopic (exact) mass is 323 g/mol. The van der Waals surface area contributed by atoms with Crippen molar-refractivity contribution in [3.8, 4) is 0 Å². The van der Waals surface area contributed by atoms with Crippen LogP contribution in [0.5, 0.6) is 0 Å². The maximum Gasteiger partial charge on any atom is 0.168 e. The van der Waals surface area contributed by atoms with E-state index in [0.717, 1.165) is 19.4 Å². The predicted molar refractivity (Wildman–Crippen MR) is 53.7 cm³/mol. The van der Waals surface area contributed by atoms with Crippen LogP contribution in [0.3, 0.4) is 0 Å². The van der Waals surface area contributed by atoms with Gasteiger partial charge >= 0.3 is 0 Å². The maximum absolute atomic E-state index is 5.11. The van der Waals surface area contributed by atoms with Gasteiger partial charge in [0, 0.05) is 39.2 Å². The van der Waals surface area contributed by atoms with E-state index in [1.807, 2.05) is 18.2 Å². The van der Waals surface area contributed by atoms with Crippen molar-refractivity contribution in [3.63, 3.8) is 0 Å². The summed E-state index contributed by atoms with van der Waals surface area (Å²) in [5.74, 6) is 0. The van der Waals surface area contributed by atoms with E-state index in [1.54, 1.807) is 14.2 Å². The van der Waals surface area contributed by atoms with E-state index in [0.29, 0.717) is 0 Å². The molecule has 0 bridgehead atoms. The van der Waals surface area contributed by atoms with Gasteiger partial charge in [-0.05, 0) is 0 Å². The van der Waals surface area contributed by atoms with Crippen LogP contribution in [0.25, 0.3) is 0 Å². The first-order valence-electron chi connectivity index (χ1n) is 4.86. The zero-order valence-corrected chi connectivity index (χ0v) is 11.4. The Morgan fingerprint density at radius 1 is 1.07 bits per heavy atom. The van der Waals surface area contributed by atoms with Gasteiger partial charge in [-0.15, -0.1) is 0 Å². The van der Waals surface area contributed by atoms with Gasteiger partial charge in [-0.3, -0.25) is 0 Å². The third-order valence-electron chi connectivity index (χ3n) is 2.16. The van der Waals surface area contributed by atoms with E-state index in [-0.39, 0.29) is 30.3 Å². The molecule has 86 valence electrons. The fourth-order valence-electron chi connectivity index (χ4n) is 1.36. The highest BCUT2D eigenvalue weighted by molar-refractivity contribution is 4.83. The SMILES string of the molecule is COC(CCC[n+]1ccccc1)OC.[I-]. The number of rotatable bonds is 6. The van der Waals surface area contributed by atoms with Crippen molar-refractivity contribution >= 4 is 0 Å². The third-order valence-corrected chi connectivity index (χ3v) is 2.16. The molecule has 1 rings (SSSR count). The zero-order chi connectivity index (χ0) is 10.2. The average Bonchev–Trinajstić information content (AvgIpc) is 2.26. The summed E-state index contributed by atoms with van der Waals surface area (Å²) in [6.07, 6.45) is 6.04. The lowest BCUT2D eigenvalue weighted by molar-refractivity contribution is -0.697. The molecule has 0 aliphatic rings. The van der Waals surface area contributed by atoms with E-state index >= 15 is 0 Å². The fraction of sp³-hybridized carbons (Fsp3) is 0.545. The minimum absolute atomic E-state index is 0. The first kappa shape index (κ1) is 14.8. The van der Waals surface area contributed by atoms with Crippen molar-refractivity contribution in [1.82, 2.24) is 0 Å². The number of ether oxygens (including phenoxy) is 2. The van der Waals surface area contributed by atoms with Crippen molar-refractivity contribution in [2.45, 2.75) is 25.7 Å². The van der Waals surface area contributed by atoms with Gasteiger partial charge in [-0.2, -0.15) is 0 Å². The summed E-state index contributed by atoms with van der Waals surface area (Å²) < 4.78 is 12.4. The number of methoxy groups -OCH3 is 2. The van der Waals surface area contributed by atoms with Gasteiger partial charge in [-0.1, -0.05) is 6.07 Å². The molecular weight excluding hydrogens is 305 g/mol. The topological polar surface area (TPSA) is 22.3 Å². The summed E-state index contributed by atoms with van der Waals surface area (Å²) in [5.41, 5.74) is 0. The molecule has 0 saturated carbocycles. The number of halogens is 1. The van der Waals surface area contributed by atoms with Gasteiger partial charge in [0.1, 0.15) is 6.54 Å². The molecule has 0 radical (unpaired) electrons.